The predicted molar refractivity (Wildman–Crippen MR) is 101 cm³/mol. The van der Waals surface area contributed by atoms with Crippen LogP contribution in [0.1, 0.15) is 24.5 Å². The molecule has 1 aromatic rings. The van der Waals surface area contributed by atoms with E-state index in [1.807, 2.05) is 24.8 Å². The minimum Gasteiger partial charge on any atom is -0.465 e. The van der Waals surface area contributed by atoms with E-state index in [0.29, 0.717) is 6.54 Å². The molecule has 24 heavy (non-hydrogen) atoms. The van der Waals surface area contributed by atoms with Crippen molar-refractivity contribution in [3.63, 3.8) is 0 Å². The first kappa shape index (κ1) is 19.1. The maximum absolute atomic E-state index is 5.89. The van der Waals surface area contributed by atoms with E-state index >= 15 is 0 Å². The van der Waals surface area contributed by atoms with Crippen molar-refractivity contribution in [3.05, 3.63) is 23.7 Å². The lowest BCUT2D eigenvalue weighted by atomic mass is 10.1. The van der Waals surface area contributed by atoms with Gasteiger partial charge >= 0.3 is 0 Å². The molecule has 0 saturated carbocycles. The number of aliphatic imine (C=N–C) groups is 1. The van der Waals surface area contributed by atoms with Crippen LogP contribution in [-0.4, -0.2) is 68.8 Å². The minimum absolute atomic E-state index is 0.151. The normalized spacial score (nSPS) is 17.7. The fourth-order valence-electron chi connectivity index (χ4n) is 2.70. The van der Waals surface area contributed by atoms with Crippen LogP contribution in [0.5, 0.6) is 0 Å². The van der Waals surface area contributed by atoms with Gasteiger partial charge in [-0.15, -0.1) is 0 Å². The molecule has 1 aromatic heterocycles. The van der Waals surface area contributed by atoms with E-state index < -0.39 is 0 Å². The number of thioether (sulfide) groups is 1. The maximum Gasteiger partial charge on any atom is 0.191 e. The number of guanidine groups is 1. The van der Waals surface area contributed by atoms with Crippen molar-refractivity contribution in [2.24, 2.45) is 4.99 Å². The summed E-state index contributed by atoms with van der Waals surface area (Å²) < 4.78 is 11.4. The second-order valence-electron chi connectivity index (χ2n) is 5.75. The minimum atomic E-state index is 0.151. The van der Waals surface area contributed by atoms with Gasteiger partial charge in [-0.1, -0.05) is 0 Å². The van der Waals surface area contributed by atoms with Crippen molar-refractivity contribution in [3.8, 4) is 0 Å². The number of hydrogen-bond donors (Lipinski definition) is 2. The number of morpholine rings is 1. The highest BCUT2D eigenvalue weighted by molar-refractivity contribution is 7.98. The number of aryl methyl sites for hydroxylation is 1. The van der Waals surface area contributed by atoms with Crippen molar-refractivity contribution in [2.45, 2.75) is 19.9 Å². The van der Waals surface area contributed by atoms with E-state index in [9.17, 15) is 0 Å². The second-order valence-corrected chi connectivity index (χ2v) is 6.74. The Morgan fingerprint density at radius 2 is 2.12 bits per heavy atom. The summed E-state index contributed by atoms with van der Waals surface area (Å²) in [5.41, 5.74) is 0. The number of ether oxygens (including phenoxy) is 1. The van der Waals surface area contributed by atoms with Crippen molar-refractivity contribution in [1.82, 2.24) is 15.5 Å². The molecule has 136 valence electrons. The first-order valence-electron chi connectivity index (χ1n) is 8.63. The summed E-state index contributed by atoms with van der Waals surface area (Å²) in [5.74, 6) is 3.86. The lowest BCUT2D eigenvalue weighted by Gasteiger charge is -2.32. The molecule has 1 aliphatic rings. The molecule has 0 aliphatic carbocycles. The highest BCUT2D eigenvalue weighted by Crippen LogP contribution is 2.24. The molecule has 2 N–H and O–H groups in total. The Balaban J connectivity index is 2.06. The van der Waals surface area contributed by atoms with E-state index in [2.05, 4.69) is 34.8 Å². The van der Waals surface area contributed by atoms with Gasteiger partial charge in [-0.2, -0.15) is 11.8 Å². The summed E-state index contributed by atoms with van der Waals surface area (Å²) >= 11 is 1.83. The number of rotatable bonds is 8. The average Bonchev–Trinajstić information content (AvgIpc) is 3.02. The van der Waals surface area contributed by atoms with Crippen LogP contribution in [0, 0.1) is 6.92 Å². The molecular weight excluding hydrogens is 324 g/mol. The first-order valence-corrected chi connectivity index (χ1v) is 10.0. The maximum atomic E-state index is 5.89. The third-order valence-electron chi connectivity index (χ3n) is 3.94. The van der Waals surface area contributed by atoms with Crippen molar-refractivity contribution >= 4 is 17.7 Å². The fourth-order valence-corrected chi connectivity index (χ4v) is 3.00. The molecule has 0 aromatic carbocycles. The van der Waals surface area contributed by atoms with Gasteiger partial charge < -0.3 is 19.8 Å². The summed E-state index contributed by atoms with van der Waals surface area (Å²) in [5, 5.41) is 6.69. The quantitative estimate of drug-likeness (QED) is 0.422. The highest BCUT2D eigenvalue weighted by Gasteiger charge is 2.25. The van der Waals surface area contributed by atoms with Gasteiger partial charge in [0.25, 0.3) is 0 Å². The molecule has 0 bridgehead atoms. The number of hydrogen-bond acceptors (Lipinski definition) is 5. The van der Waals surface area contributed by atoms with Crippen LogP contribution in [0.25, 0.3) is 0 Å². The highest BCUT2D eigenvalue weighted by atomic mass is 32.2. The molecule has 1 aliphatic heterocycles. The lowest BCUT2D eigenvalue weighted by Crippen LogP contribution is -2.42. The molecule has 1 fully saturated rings. The summed E-state index contributed by atoms with van der Waals surface area (Å²) in [6.45, 7) is 9.87. The van der Waals surface area contributed by atoms with Crippen molar-refractivity contribution < 1.29 is 9.15 Å². The Morgan fingerprint density at radius 1 is 1.33 bits per heavy atom. The van der Waals surface area contributed by atoms with Crippen molar-refractivity contribution in [1.29, 1.82) is 0 Å². The summed E-state index contributed by atoms with van der Waals surface area (Å²) in [4.78, 5) is 7.19. The van der Waals surface area contributed by atoms with Gasteiger partial charge in [0.05, 0.1) is 25.8 Å². The topological polar surface area (TPSA) is 62.0 Å². The standard InChI is InChI=1S/C17H30N4O2S/c1-4-18-17(19-7-12-24-3)20-13-15(16-6-5-14(2)23-16)21-8-10-22-11-9-21/h5-6,15H,4,7-13H2,1-3H3,(H2,18,19,20). The summed E-state index contributed by atoms with van der Waals surface area (Å²) in [7, 11) is 0. The van der Waals surface area contributed by atoms with Gasteiger partial charge in [0.15, 0.2) is 5.96 Å². The Labute approximate surface area is 149 Å². The van der Waals surface area contributed by atoms with Gasteiger partial charge in [0, 0.05) is 31.9 Å². The van der Waals surface area contributed by atoms with E-state index in [1.54, 1.807) is 0 Å². The Kier molecular flexibility index (Phi) is 8.49. The summed E-state index contributed by atoms with van der Waals surface area (Å²) in [6, 6.07) is 4.24. The Bertz CT molecular complexity index is 501. The summed E-state index contributed by atoms with van der Waals surface area (Å²) in [6.07, 6.45) is 2.11. The average molecular weight is 355 g/mol. The van der Waals surface area contributed by atoms with E-state index in [0.717, 1.165) is 62.6 Å². The zero-order chi connectivity index (χ0) is 17.2. The van der Waals surface area contributed by atoms with Crippen LogP contribution in [0.15, 0.2) is 21.5 Å². The molecule has 0 radical (unpaired) electrons. The molecule has 0 spiro atoms. The third kappa shape index (κ3) is 6.03. The van der Waals surface area contributed by atoms with Crippen LogP contribution in [0.2, 0.25) is 0 Å². The molecule has 7 heteroatoms. The SMILES string of the molecule is CCNC(=NCC(c1ccc(C)o1)N1CCOCC1)NCCSC. The predicted octanol–water partition coefficient (Wildman–Crippen LogP) is 1.88. The molecule has 2 rings (SSSR count). The largest absolute Gasteiger partial charge is 0.465 e. The molecular formula is C17H30N4O2S. The zero-order valence-electron chi connectivity index (χ0n) is 15.0. The Hall–Kier alpha value is -1.18. The fraction of sp³-hybridized carbons (Fsp3) is 0.706. The monoisotopic (exact) mass is 354 g/mol. The zero-order valence-corrected chi connectivity index (χ0v) is 15.8. The van der Waals surface area contributed by atoms with Crippen LogP contribution in [-0.2, 0) is 4.74 Å². The second kappa shape index (κ2) is 10.6. The van der Waals surface area contributed by atoms with Crippen LogP contribution in [0.3, 0.4) is 0 Å². The molecule has 1 atom stereocenters. The number of nitrogens with zero attached hydrogens (tertiary/aromatic N) is 2. The van der Waals surface area contributed by atoms with E-state index in [4.69, 9.17) is 14.1 Å². The number of furan rings is 1. The van der Waals surface area contributed by atoms with Crippen LogP contribution < -0.4 is 10.6 Å². The molecule has 1 saturated heterocycles. The van der Waals surface area contributed by atoms with Crippen LogP contribution in [0.4, 0.5) is 0 Å². The van der Waals surface area contributed by atoms with Gasteiger partial charge in [-0.25, -0.2) is 0 Å². The first-order chi connectivity index (χ1) is 11.7. The van der Waals surface area contributed by atoms with Gasteiger partial charge in [-0.3, -0.25) is 9.89 Å². The van der Waals surface area contributed by atoms with Gasteiger partial charge in [-0.05, 0) is 32.2 Å². The van der Waals surface area contributed by atoms with E-state index in [1.165, 1.54) is 0 Å². The number of nitrogens with one attached hydrogen (secondary N) is 2. The van der Waals surface area contributed by atoms with Crippen molar-refractivity contribution in [2.75, 3.05) is 57.9 Å². The van der Waals surface area contributed by atoms with Gasteiger partial charge in [0.1, 0.15) is 11.5 Å². The molecule has 6 nitrogen and oxygen atoms in total. The molecule has 0 amide bonds. The molecule has 2 heterocycles. The smallest absolute Gasteiger partial charge is 0.191 e. The van der Waals surface area contributed by atoms with Crippen LogP contribution >= 0.6 is 11.8 Å². The Morgan fingerprint density at radius 3 is 2.75 bits per heavy atom. The molecule has 1 unspecified atom stereocenters. The van der Waals surface area contributed by atoms with Gasteiger partial charge in [0.2, 0.25) is 0 Å². The van der Waals surface area contributed by atoms with E-state index in [-0.39, 0.29) is 6.04 Å². The lowest BCUT2D eigenvalue weighted by molar-refractivity contribution is 0.0135. The third-order valence-corrected chi connectivity index (χ3v) is 4.55.